The van der Waals surface area contributed by atoms with Gasteiger partial charge in [0.2, 0.25) is 6.79 Å². The molecule has 1 saturated carbocycles. The van der Waals surface area contributed by atoms with Crippen molar-refractivity contribution < 1.29 is 19.0 Å². The minimum atomic E-state index is -0.684. The summed E-state index contributed by atoms with van der Waals surface area (Å²) in [4.78, 5) is 0. The van der Waals surface area contributed by atoms with Crippen LogP contribution in [0.3, 0.4) is 0 Å². The molecule has 17 heavy (non-hydrogen) atoms. The summed E-state index contributed by atoms with van der Waals surface area (Å²) in [6, 6.07) is 0.988. The van der Waals surface area contributed by atoms with Gasteiger partial charge in [0.15, 0.2) is 23.1 Å². The first-order valence-electron chi connectivity index (χ1n) is 5.63. The summed E-state index contributed by atoms with van der Waals surface area (Å²) in [6.07, 6.45) is 1.66. The van der Waals surface area contributed by atoms with Crippen LogP contribution in [-0.4, -0.2) is 17.9 Å². The molecule has 0 radical (unpaired) electrons. The van der Waals surface area contributed by atoms with E-state index in [1.54, 1.807) is 0 Å². The Labute approximate surface area is 98.1 Å². The lowest BCUT2D eigenvalue weighted by molar-refractivity contribution is 0.172. The van der Waals surface area contributed by atoms with Crippen LogP contribution < -0.4 is 15.2 Å². The quantitative estimate of drug-likeness (QED) is 0.823. The van der Waals surface area contributed by atoms with Gasteiger partial charge in [0.05, 0.1) is 5.56 Å². The number of halogens is 1. The van der Waals surface area contributed by atoms with Crippen molar-refractivity contribution in [2.75, 3.05) is 6.79 Å². The Morgan fingerprint density at radius 3 is 2.76 bits per heavy atom. The monoisotopic (exact) mass is 239 g/mol. The molecule has 0 bridgehead atoms. The number of benzene rings is 1. The summed E-state index contributed by atoms with van der Waals surface area (Å²) < 4.78 is 24.1. The summed E-state index contributed by atoms with van der Waals surface area (Å²) in [6.45, 7) is 1.92. The van der Waals surface area contributed by atoms with Gasteiger partial charge in [-0.25, -0.2) is 4.39 Å². The van der Waals surface area contributed by atoms with Crippen molar-refractivity contribution >= 4 is 0 Å². The minimum absolute atomic E-state index is 0.0558. The third-order valence-corrected chi connectivity index (χ3v) is 3.75. The molecule has 0 spiro atoms. The fraction of sp³-hybridized carbons (Fsp3) is 0.500. The molecule has 2 aliphatic rings. The molecule has 1 fully saturated rings. The average Bonchev–Trinajstić information content (AvgIpc) is 2.95. The highest BCUT2D eigenvalue weighted by Crippen LogP contribution is 2.59. The third-order valence-electron chi connectivity index (χ3n) is 3.75. The smallest absolute Gasteiger partial charge is 0.231 e. The normalized spacial score (nSPS) is 21.4. The zero-order valence-corrected chi connectivity index (χ0v) is 9.50. The molecule has 3 N–H and O–H groups in total. The van der Waals surface area contributed by atoms with Gasteiger partial charge < -0.3 is 20.3 Å². The van der Waals surface area contributed by atoms with Crippen LogP contribution in [0.25, 0.3) is 0 Å². The van der Waals surface area contributed by atoms with E-state index in [-0.39, 0.29) is 24.0 Å². The second-order valence-electron chi connectivity index (χ2n) is 4.76. The van der Waals surface area contributed by atoms with E-state index in [4.69, 9.17) is 15.2 Å². The number of hydrogen-bond acceptors (Lipinski definition) is 4. The van der Waals surface area contributed by atoms with Crippen LogP contribution in [0.1, 0.15) is 25.3 Å². The standard InChI is InChI=1S/C12H14FNO3/c1-6(14)12(2-3-12)9-10(15)7(13)4-8-11(9)17-5-16-8/h4,6,15H,2-3,5,14H2,1H3. The Bertz CT molecular complexity index is 483. The molecule has 1 aliphatic carbocycles. The van der Waals surface area contributed by atoms with E-state index < -0.39 is 5.82 Å². The molecule has 0 aromatic heterocycles. The molecule has 0 amide bonds. The average molecular weight is 239 g/mol. The Balaban J connectivity index is 2.22. The van der Waals surface area contributed by atoms with Crippen LogP contribution in [0.15, 0.2) is 6.07 Å². The van der Waals surface area contributed by atoms with Crippen LogP contribution in [0.5, 0.6) is 17.2 Å². The lowest BCUT2D eigenvalue weighted by Gasteiger charge is -2.22. The Morgan fingerprint density at radius 1 is 1.47 bits per heavy atom. The van der Waals surface area contributed by atoms with E-state index in [9.17, 15) is 9.50 Å². The number of phenolic OH excluding ortho intramolecular Hbond substituents is 1. The minimum Gasteiger partial charge on any atom is -0.505 e. The first-order chi connectivity index (χ1) is 8.06. The maximum atomic E-state index is 13.6. The highest BCUT2D eigenvalue weighted by Gasteiger charge is 2.52. The fourth-order valence-corrected chi connectivity index (χ4v) is 2.53. The van der Waals surface area contributed by atoms with Crippen molar-refractivity contribution in [3.05, 3.63) is 17.4 Å². The molecule has 1 aromatic rings. The summed E-state index contributed by atoms with van der Waals surface area (Å²) in [5, 5.41) is 9.92. The maximum absolute atomic E-state index is 13.6. The molecule has 4 nitrogen and oxygen atoms in total. The summed E-state index contributed by atoms with van der Waals surface area (Å²) in [7, 11) is 0. The van der Waals surface area contributed by atoms with Crippen LogP contribution >= 0.6 is 0 Å². The number of rotatable bonds is 2. The second kappa shape index (κ2) is 3.26. The van der Waals surface area contributed by atoms with Crippen molar-refractivity contribution in [2.45, 2.75) is 31.2 Å². The molecule has 3 rings (SSSR count). The van der Waals surface area contributed by atoms with Crippen LogP contribution in [-0.2, 0) is 5.41 Å². The number of phenols is 1. The molecule has 1 unspecified atom stereocenters. The molecule has 5 heteroatoms. The summed E-state index contributed by atoms with van der Waals surface area (Å²) in [5.41, 5.74) is 6.05. The Hall–Kier alpha value is -1.49. The van der Waals surface area contributed by atoms with Gasteiger partial charge in [0.25, 0.3) is 0 Å². The van der Waals surface area contributed by atoms with Crippen molar-refractivity contribution in [1.29, 1.82) is 0 Å². The van der Waals surface area contributed by atoms with Gasteiger partial charge in [-0.1, -0.05) is 0 Å². The lowest BCUT2D eigenvalue weighted by atomic mass is 9.87. The molecule has 1 heterocycles. The maximum Gasteiger partial charge on any atom is 0.231 e. The first-order valence-corrected chi connectivity index (χ1v) is 5.63. The van der Waals surface area contributed by atoms with Crippen LogP contribution in [0, 0.1) is 5.82 Å². The van der Waals surface area contributed by atoms with Gasteiger partial charge >= 0.3 is 0 Å². The van der Waals surface area contributed by atoms with Crippen molar-refractivity contribution in [1.82, 2.24) is 0 Å². The van der Waals surface area contributed by atoms with E-state index in [2.05, 4.69) is 0 Å². The zero-order chi connectivity index (χ0) is 12.2. The zero-order valence-electron chi connectivity index (χ0n) is 9.50. The molecule has 1 aliphatic heterocycles. The summed E-state index contributed by atoms with van der Waals surface area (Å²) in [5.74, 6) is -0.249. The van der Waals surface area contributed by atoms with E-state index in [0.717, 1.165) is 18.9 Å². The highest BCUT2D eigenvalue weighted by molar-refractivity contribution is 5.60. The second-order valence-corrected chi connectivity index (χ2v) is 4.76. The Kier molecular flexibility index (Phi) is 2.04. The number of nitrogens with two attached hydrogens (primary N) is 1. The predicted octanol–water partition coefficient (Wildman–Crippen LogP) is 1.64. The van der Waals surface area contributed by atoms with E-state index in [0.29, 0.717) is 17.1 Å². The predicted molar refractivity (Wildman–Crippen MR) is 58.7 cm³/mol. The van der Waals surface area contributed by atoms with Crippen molar-refractivity contribution in [3.63, 3.8) is 0 Å². The third kappa shape index (κ3) is 1.32. The number of ether oxygens (including phenoxy) is 2. The number of fused-ring (bicyclic) bond motifs is 1. The highest BCUT2D eigenvalue weighted by atomic mass is 19.1. The van der Waals surface area contributed by atoms with Gasteiger partial charge in [-0.05, 0) is 19.8 Å². The largest absolute Gasteiger partial charge is 0.505 e. The van der Waals surface area contributed by atoms with Crippen LogP contribution in [0.2, 0.25) is 0 Å². The van der Waals surface area contributed by atoms with Gasteiger partial charge in [0, 0.05) is 17.5 Å². The SMILES string of the molecule is CC(N)C1(c2c(O)c(F)cc3c2OCO3)CC1. The molecule has 1 atom stereocenters. The molecule has 0 saturated heterocycles. The topological polar surface area (TPSA) is 64.7 Å². The molecule has 92 valence electrons. The molecular weight excluding hydrogens is 225 g/mol. The van der Waals surface area contributed by atoms with Crippen LogP contribution in [0.4, 0.5) is 4.39 Å². The molecule has 1 aromatic carbocycles. The van der Waals surface area contributed by atoms with E-state index >= 15 is 0 Å². The lowest BCUT2D eigenvalue weighted by Crippen LogP contribution is -2.32. The summed E-state index contributed by atoms with van der Waals surface area (Å²) >= 11 is 0. The van der Waals surface area contributed by atoms with Gasteiger partial charge in [-0.15, -0.1) is 0 Å². The first kappa shape index (κ1) is 10.7. The molecular formula is C12H14FNO3. The van der Waals surface area contributed by atoms with Crippen molar-refractivity contribution in [3.8, 4) is 17.2 Å². The number of hydrogen-bond donors (Lipinski definition) is 2. The number of aromatic hydroxyl groups is 1. The van der Waals surface area contributed by atoms with Crippen molar-refractivity contribution in [2.24, 2.45) is 5.73 Å². The van der Waals surface area contributed by atoms with Gasteiger partial charge in [-0.3, -0.25) is 0 Å². The van der Waals surface area contributed by atoms with Gasteiger partial charge in [0.1, 0.15) is 0 Å². The Morgan fingerprint density at radius 2 is 2.18 bits per heavy atom. The van der Waals surface area contributed by atoms with E-state index in [1.165, 1.54) is 0 Å². The fourth-order valence-electron chi connectivity index (χ4n) is 2.53. The van der Waals surface area contributed by atoms with E-state index in [1.807, 2.05) is 6.92 Å². The van der Waals surface area contributed by atoms with Gasteiger partial charge in [-0.2, -0.15) is 0 Å².